The van der Waals surface area contributed by atoms with E-state index in [2.05, 4.69) is 34.4 Å². The van der Waals surface area contributed by atoms with Crippen molar-refractivity contribution in [2.75, 3.05) is 0 Å². The largest absolute Gasteiger partial charge is 0.329 e. The Morgan fingerprint density at radius 1 is 1.50 bits per heavy atom. The summed E-state index contributed by atoms with van der Waals surface area (Å²) in [5.74, 6) is 1.56. The van der Waals surface area contributed by atoms with Gasteiger partial charge in [-0.2, -0.15) is 0 Å². The molecule has 1 aliphatic carbocycles. The van der Waals surface area contributed by atoms with Gasteiger partial charge in [0.25, 0.3) is 0 Å². The summed E-state index contributed by atoms with van der Waals surface area (Å²) in [5, 5.41) is 0. The molecule has 4 heteroatoms. The van der Waals surface area contributed by atoms with Crippen molar-refractivity contribution >= 4 is 23.4 Å². The minimum atomic E-state index is 0.749. The molecule has 18 heavy (non-hydrogen) atoms. The number of hydrogen-bond donors (Lipinski definition) is 1. The summed E-state index contributed by atoms with van der Waals surface area (Å²) in [6.45, 7) is 5.42. The zero-order valence-corrected chi connectivity index (χ0v) is 11.8. The highest BCUT2D eigenvalue weighted by atomic mass is 32.1. The quantitative estimate of drug-likeness (QED) is 0.833. The second-order valence-electron chi connectivity index (χ2n) is 5.59. The molecule has 0 aromatic carbocycles. The fourth-order valence-corrected chi connectivity index (χ4v) is 3.32. The van der Waals surface area contributed by atoms with Gasteiger partial charge in [0, 0.05) is 12.7 Å². The van der Waals surface area contributed by atoms with Crippen molar-refractivity contribution in [3.05, 3.63) is 22.6 Å². The van der Waals surface area contributed by atoms with E-state index < -0.39 is 0 Å². The first kappa shape index (κ1) is 11.9. The van der Waals surface area contributed by atoms with Crippen LogP contribution >= 0.6 is 12.2 Å². The standard InChI is InChI=1S/C14H19N3S/c1-9-6-12-13(15-7-9)17(14(18)16-12)8-11-5-3-4-10(11)2/h6-7,10-11H,3-5,8H2,1-2H3,(H,16,18). The maximum absolute atomic E-state index is 5.44. The van der Waals surface area contributed by atoms with Crippen molar-refractivity contribution in [3.8, 4) is 0 Å². The van der Waals surface area contributed by atoms with Crippen molar-refractivity contribution in [1.82, 2.24) is 14.5 Å². The lowest BCUT2D eigenvalue weighted by atomic mass is 9.98. The molecule has 2 heterocycles. The summed E-state index contributed by atoms with van der Waals surface area (Å²) >= 11 is 5.44. The number of hydrogen-bond acceptors (Lipinski definition) is 2. The smallest absolute Gasteiger partial charge is 0.179 e. The van der Waals surface area contributed by atoms with E-state index in [1.54, 1.807) is 0 Å². The highest BCUT2D eigenvalue weighted by Crippen LogP contribution is 2.33. The molecule has 0 bridgehead atoms. The number of aryl methyl sites for hydroxylation is 1. The van der Waals surface area contributed by atoms with E-state index in [0.29, 0.717) is 0 Å². The second kappa shape index (κ2) is 4.50. The number of nitrogens with zero attached hydrogens (tertiary/aromatic N) is 2. The predicted octanol–water partition coefficient (Wildman–Crippen LogP) is 3.84. The average molecular weight is 261 g/mol. The Labute approximate surface area is 112 Å². The number of aromatic amines is 1. The Morgan fingerprint density at radius 2 is 2.33 bits per heavy atom. The minimum absolute atomic E-state index is 0.749. The first-order chi connectivity index (χ1) is 8.65. The van der Waals surface area contributed by atoms with Crippen LogP contribution in [0.3, 0.4) is 0 Å². The van der Waals surface area contributed by atoms with Crippen LogP contribution in [0.5, 0.6) is 0 Å². The van der Waals surface area contributed by atoms with Gasteiger partial charge in [0.15, 0.2) is 10.4 Å². The fraction of sp³-hybridized carbons (Fsp3) is 0.571. The summed E-state index contributed by atoms with van der Waals surface area (Å²) in [4.78, 5) is 7.81. The van der Waals surface area contributed by atoms with Crippen LogP contribution in [0, 0.1) is 23.5 Å². The van der Waals surface area contributed by atoms with Crippen LogP contribution in [0.2, 0.25) is 0 Å². The van der Waals surface area contributed by atoms with Gasteiger partial charge in [0.05, 0.1) is 5.52 Å². The number of nitrogens with one attached hydrogen (secondary N) is 1. The zero-order chi connectivity index (χ0) is 12.7. The molecule has 0 amide bonds. The molecule has 1 saturated carbocycles. The van der Waals surface area contributed by atoms with Crippen molar-refractivity contribution in [2.24, 2.45) is 11.8 Å². The maximum Gasteiger partial charge on any atom is 0.179 e. The van der Waals surface area contributed by atoms with E-state index >= 15 is 0 Å². The van der Waals surface area contributed by atoms with E-state index in [4.69, 9.17) is 12.2 Å². The first-order valence-corrected chi connectivity index (χ1v) is 7.11. The van der Waals surface area contributed by atoms with Crippen LogP contribution < -0.4 is 0 Å². The predicted molar refractivity (Wildman–Crippen MR) is 76.2 cm³/mol. The Hall–Kier alpha value is -1.16. The number of aromatic nitrogens is 3. The van der Waals surface area contributed by atoms with Gasteiger partial charge < -0.3 is 9.55 Å². The van der Waals surface area contributed by atoms with E-state index in [0.717, 1.165) is 34.3 Å². The van der Waals surface area contributed by atoms with Crippen molar-refractivity contribution < 1.29 is 0 Å². The lowest BCUT2D eigenvalue weighted by Gasteiger charge is -2.16. The van der Waals surface area contributed by atoms with Gasteiger partial charge >= 0.3 is 0 Å². The van der Waals surface area contributed by atoms with E-state index in [9.17, 15) is 0 Å². The molecule has 0 radical (unpaired) electrons. The normalized spacial score (nSPS) is 23.9. The summed E-state index contributed by atoms with van der Waals surface area (Å²) in [5.41, 5.74) is 3.23. The third kappa shape index (κ3) is 1.99. The molecule has 3 nitrogen and oxygen atoms in total. The van der Waals surface area contributed by atoms with Gasteiger partial charge in [0.1, 0.15) is 0 Å². The molecule has 0 aliphatic heterocycles. The number of H-pyrrole nitrogens is 1. The summed E-state index contributed by atoms with van der Waals surface area (Å²) in [7, 11) is 0. The van der Waals surface area contributed by atoms with Crippen molar-refractivity contribution in [2.45, 2.75) is 39.7 Å². The van der Waals surface area contributed by atoms with Gasteiger partial charge in [-0.05, 0) is 49.0 Å². The summed E-state index contributed by atoms with van der Waals surface area (Å²) < 4.78 is 2.98. The topological polar surface area (TPSA) is 33.6 Å². The highest BCUT2D eigenvalue weighted by molar-refractivity contribution is 7.71. The van der Waals surface area contributed by atoms with Gasteiger partial charge in [0.2, 0.25) is 0 Å². The molecular formula is C14H19N3S. The fourth-order valence-electron chi connectivity index (χ4n) is 3.05. The Balaban J connectivity index is 2.01. The van der Waals surface area contributed by atoms with Crippen LogP contribution in [-0.2, 0) is 6.54 Å². The minimum Gasteiger partial charge on any atom is -0.329 e. The molecule has 1 N–H and O–H groups in total. The Morgan fingerprint density at radius 3 is 3.06 bits per heavy atom. The third-order valence-electron chi connectivity index (χ3n) is 4.20. The van der Waals surface area contributed by atoms with Crippen LogP contribution in [-0.4, -0.2) is 14.5 Å². The molecule has 1 aliphatic rings. The highest BCUT2D eigenvalue weighted by Gasteiger charge is 2.24. The molecule has 96 valence electrons. The number of pyridine rings is 1. The molecular weight excluding hydrogens is 242 g/mol. The summed E-state index contributed by atoms with van der Waals surface area (Å²) in [6.07, 6.45) is 5.95. The molecule has 2 atom stereocenters. The van der Waals surface area contributed by atoms with E-state index in [1.165, 1.54) is 24.8 Å². The van der Waals surface area contributed by atoms with Gasteiger partial charge in [-0.15, -0.1) is 0 Å². The molecule has 0 saturated heterocycles. The van der Waals surface area contributed by atoms with Crippen LogP contribution in [0.25, 0.3) is 11.2 Å². The van der Waals surface area contributed by atoms with Crippen LogP contribution in [0.4, 0.5) is 0 Å². The Kier molecular flexibility index (Phi) is 2.98. The SMILES string of the molecule is Cc1cnc2c(c1)[nH]c(=S)n2CC1CCCC1C. The molecule has 3 rings (SSSR count). The van der Waals surface area contributed by atoms with Crippen molar-refractivity contribution in [3.63, 3.8) is 0 Å². The average Bonchev–Trinajstić information content (AvgIpc) is 2.85. The van der Waals surface area contributed by atoms with Crippen LogP contribution in [0.15, 0.2) is 12.3 Å². The van der Waals surface area contributed by atoms with E-state index in [1.807, 2.05) is 6.20 Å². The van der Waals surface area contributed by atoms with Gasteiger partial charge in [-0.25, -0.2) is 4.98 Å². The number of rotatable bonds is 2. The number of fused-ring (bicyclic) bond motifs is 1. The second-order valence-corrected chi connectivity index (χ2v) is 5.98. The molecule has 1 fully saturated rings. The van der Waals surface area contributed by atoms with Crippen LogP contribution in [0.1, 0.15) is 31.7 Å². The Bertz CT molecular complexity index is 625. The lowest BCUT2D eigenvalue weighted by Crippen LogP contribution is -2.13. The third-order valence-corrected chi connectivity index (χ3v) is 4.52. The summed E-state index contributed by atoms with van der Waals surface area (Å²) in [6, 6.07) is 2.12. The molecule has 0 spiro atoms. The monoisotopic (exact) mass is 261 g/mol. The molecule has 2 aromatic heterocycles. The van der Waals surface area contributed by atoms with E-state index in [-0.39, 0.29) is 0 Å². The lowest BCUT2D eigenvalue weighted by molar-refractivity contribution is 0.365. The number of imidazole rings is 1. The zero-order valence-electron chi connectivity index (χ0n) is 10.9. The van der Waals surface area contributed by atoms with Gasteiger partial charge in [-0.3, -0.25) is 0 Å². The maximum atomic E-state index is 5.44. The first-order valence-electron chi connectivity index (χ1n) is 6.70. The van der Waals surface area contributed by atoms with Crippen molar-refractivity contribution in [1.29, 1.82) is 0 Å². The van der Waals surface area contributed by atoms with Gasteiger partial charge in [-0.1, -0.05) is 19.8 Å². The molecule has 2 aromatic rings. The molecule has 2 unspecified atom stereocenters.